The maximum atomic E-state index is 11.1. The highest BCUT2D eigenvalue weighted by molar-refractivity contribution is 5.88. The highest BCUT2D eigenvalue weighted by atomic mass is 16.4. The summed E-state index contributed by atoms with van der Waals surface area (Å²) in [6.07, 6.45) is 6.11. The van der Waals surface area contributed by atoms with E-state index in [9.17, 15) is 4.79 Å². The zero-order valence-corrected chi connectivity index (χ0v) is 8.94. The minimum atomic E-state index is -0.850. The number of rotatable bonds is 3. The Balaban J connectivity index is 2.39. The predicted octanol–water partition coefficient (Wildman–Crippen LogP) is 2.26. The average Bonchev–Trinajstić information content (AvgIpc) is 2.85. The van der Waals surface area contributed by atoms with E-state index in [0.29, 0.717) is 11.5 Å². The lowest BCUT2D eigenvalue weighted by Crippen LogP contribution is -2.10. The van der Waals surface area contributed by atoms with Crippen LogP contribution in [0.5, 0.6) is 0 Å². The zero-order valence-electron chi connectivity index (χ0n) is 8.94. The van der Waals surface area contributed by atoms with E-state index in [1.165, 1.54) is 19.0 Å². The van der Waals surface area contributed by atoms with Crippen molar-refractivity contribution in [1.29, 1.82) is 0 Å². The number of carboxylic acid groups (broad SMARTS) is 1. The minimum absolute atomic E-state index is 0.392. The topological polar surface area (TPSA) is 55.1 Å². The molecule has 1 aromatic rings. The molecule has 0 unspecified atom stereocenters. The molecule has 0 amide bonds. The summed E-state index contributed by atoms with van der Waals surface area (Å²) in [6, 6.07) is 0. The molecule has 0 aliphatic heterocycles. The fraction of sp³-hybridized carbons (Fsp3) is 0.636. The van der Waals surface area contributed by atoms with Gasteiger partial charge < -0.3 is 5.11 Å². The SMILES string of the molecule is CCn1ncc(C(=O)O)c1C1CCCC1. The number of aromatic nitrogens is 2. The summed E-state index contributed by atoms with van der Waals surface area (Å²) in [5.41, 5.74) is 1.33. The van der Waals surface area contributed by atoms with E-state index in [1.54, 1.807) is 0 Å². The van der Waals surface area contributed by atoms with Crippen molar-refractivity contribution >= 4 is 5.97 Å². The number of nitrogens with zero attached hydrogens (tertiary/aromatic N) is 2. The van der Waals surface area contributed by atoms with Gasteiger partial charge in [0, 0.05) is 12.5 Å². The number of hydrogen-bond acceptors (Lipinski definition) is 2. The Hall–Kier alpha value is -1.32. The van der Waals surface area contributed by atoms with Gasteiger partial charge in [0.15, 0.2) is 0 Å². The minimum Gasteiger partial charge on any atom is -0.478 e. The van der Waals surface area contributed by atoms with Crippen molar-refractivity contribution in [2.75, 3.05) is 0 Å². The van der Waals surface area contributed by atoms with Crippen LogP contribution in [0.3, 0.4) is 0 Å². The molecular formula is C11H16N2O2. The van der Waals surface area contributed by atoms with Gasteiger partial charge in [-0.3, -0.25) is 4.68 Å². The van der Waals surface area contributed by atoms with Gasteiger partial charge in [0.05, 0.1) is 11.9 Å². The van der Waals surface area contributed by atoms with E-state index in [1.807, 2.05) is 11.6 Å². The number of aryl methyl sites for hydroxylation is 1. The van der Waals surface area contributed by atoms with Gasteiger partial charge in [-0.25, -0.2) is 4.79 Å². The van der Waals surface area contributed by atoms with Gasteiger partial charge in [0.25, 0.3) is 0 Å². The molecular weight excluding hydrogens is 192 g/mol. The van der Waals surface area contributed by atoms with E-state index in [0.717, 1.165) is 25.1 Å². The van der Waals surface area contributed by atoms with Gasteiger partial charge in [-0.15, -0.1) is 0 Å². The first kappa shape index (κ1) is 10.2. The first-order valence-electron chi connectivity index (χ1n) is 5.53. The molecule has 1 heterocycles. The second kappa shape index (κ2) is 4.04. The summed E-state index contributed by atoms with van der Waals surface area (Å²) < 4.78 is 1.83. The Morgan fingerprint density at radius 2 is 2.27 bits per heavy atom. The third-order valence-corrected chi connectivity index (χ3v) is 3.15. The monoisotopic (exact) mass is 208 g/mol. The largest absolute Gasteiger partial charge is 0.478 e. The quantitative estimate of drug-likeness (QED) is 0.828. The van der Waals surface area contributed by atoms with Crippen LogP contribution in [0.15, 0.2) is 6.20 Å². The maximum Gasteiger partial charge on any atom is 0.339 e. The van der Waals surface area contributed by atoms with Crippen LogP contribution in [-0.4, -0.2) is 20.9 Å². The zero-order chi connectivity index (χ0) is 10.8. The molecule has 1 aliphatic rings. The molecule has 1 fully saturated rings. The summed E-state index contributed by atoms with van der Waals surface area (Å²) >= 11 is 0. The second-order valence-electron chi connectivity index (χ2n) is 4.05. The molecule has 1 aliphatic carbocycles. The molecule has 15 heavy (non-hydrogen) atoms. The van der Waals surface area contributed by atoms with Crippen molar-refractivity contribution in [2.45, 2.75) is 45.1 Å². The number of carbonyl (C=O) groups is 1. The average molecular weight is 208 g/mol. The lowest BCUT2D eigenvalue weighted by atomic mass is 10.00. The van der Waals surface area contributed by atoms with Crippen molar-refractivity contribution in [3.8, 4) is 0 Å². The van der Waals surface area contributed by atoms with Crippen LogP contribution in [0.4, 0.5) is 0 Å². The normalized spacial score (nSPS) is 17.1. The fourth-order valence-corrected chi connectivity index (χ4v) is 2.44. The first-order chi connectivity index (χ1) is 7.24. The van der Waals surface area contributed by atoms with E-state index < -0.39 is 5.97 Å². The molecule has 0 radical (unpaired) electrons. The second-order valence-corrected chi connectivity index (χ2v) is 4.05. The van der Waals surface area contributed by atoms with Crippen LogP contribution < -0.4 is 0 Å². The smallest absolute Gasteiger partial charge is 0.339 e. The van der Waals surface area contributed by atoms with Gasteiger partial charge in [-0.2, -0.15) is 5.10 Å². The molecule has 1 aromatic heterocycles. The van der Waals surface area contributed by atoms with Crippen molar-refractivity contribution in [1.82, 2.24) is 9.78 Å². The van der Waals surface area contributed by atoms with Crippen molar-refractivity contribution in [3.63, 3.8) is 0 Å². The van der Waals surface area contributed by atoms with Crippen LogP contribution in [0.2, 0.25) is 0 Å². The van der Waals surface area contributed by atoms with E-state index >= 15 is 0 Å². The Kier molecular flexibility index (Phi) is 2.75. The molecule has 0 saturated heterocycles. The first-order valence-corrected chi connectivity index (χ1v) is 5.53. The van der Waals surface area contributed by atoms with E-state index in [2.05, 4.69) is 5.10 Å². The summed E-state index contributed by atoms with van der Waals surface area (Å²) in [5, 5.41) is 13.2. The molecule has 4 nitrogen and oxygen atoms in total. The Morgan fingerprint density at radius 3 is 2.80 bits per heavy atom. The molecule has 0 bridgehead atoms. The Bertz CT molecular complexity index is 365. The number of carboxylic acids is 1. The fourth-order valence-electron chi connectivity index (χ4n) is 2.44. The Labute approximate surface area is 88.9 Å². The molecule has 1 saturated carbocycles. The van der Waals surface area contributed by atoms with Crippen molar-refractivity contribution in [3.05, 3.63) is 17.5 Å². The molecule has 1 N–H and O–H groups in total. The van der Waals surface area contributed by atoms with Gasteiger partial charge in [-0.05, 0) is 19.8 Å². The molecule has 0 spiro atoms. The van der Waals surface area contributed by atoms with E-state index in [4.69, 9.17) is 5.11 Å². The highest BCUT2D eigenvalue weighted by Crippen LogP contribution is 2.35. The standard InChI is InChI=1S/C11H16N2O2/c1-2-13-10(8-5-3-4-6-8)9(7-12-13)11(14)15/h7-8H,2-6H2,1H3,(H,14,15). The highest BCUT2D eigenvalue weighted by Gasteiger charge is 2.26. The molecule has 4 heteroatoms. The van der Waals surface area contributed by atoms with Crippen molar-refractivity contribution < 1.29 is 9.90 Å². The summed E-state index contributed by atoms with van der Waals surface area (Å²) in [5.74, 6) is -0.449. The maximum absolute atomic E-state index is 11.1. The number of hydrogen-bond donors (Lipinski definition) is 1. The van der Waals surface area contributed by atoms with Crippen LogP contribution in [0.25, 0.3) is 0 Å². The third-order valence-electron chi connectivity index (χ3n) is 3.15. The lowest BCUT2D eigenvalue weighted by Gasteiger charge is -2.12. The number of aromatic carboxylic acids is 1. The van der Waals surface area contributed by atoms with Gasteiger partial charge in [0.2, 0.25) is 0 Å². The van der Waals surface area contributed by atoms with E-state index in [-0.39, 0.29) is 0 Å². The Morgan fingerprint density at radius 1 is 1.60 bits per heavy atom. The van der Waals surface area contributed by atoms with Crippen molar-refractivity contribution in [2.24, 2.45) is 0 Å². The van der Waals surface area contributed by atoms with Crippen LogP contribution in [0.1, 0.15) is 54.6 Å². The molecule has 2 rings (SSSR count). The molecule has 0 aromatic carbocycles. The van der Waals surface area contributed by atoms with Gasteiger partial charge in [-0.1, -0.05) is 12.8 Å². The molecule has 82 valence electrons. The van der Waals surface area contributed by atoms with Crippen LogP contribution in [-0.2, 0) is 6.54 Å². The lowest BCUT2D eigenvalue weighted by molar-refractivity contribution is 0.0695. The van der Waals surface area contributed by atoms with Gasteiger partial charge >= 0.3 is 5.97 Å². The predicted molar refractivity (Wildman–Crippen MR) is 56.1 cm³/mol. The summed E-state index contributed by atoms with van der Waals surface area (Å²) in [6.45, 7) is 2.75. The van der Waals surface area contributed by atoms with Crippen LogP contribution in [0, 0.1) is 0 Å². The van der Waals surface area contributed by atoms with Crippen LogP contribution >= 0.6 is 0 Å². The molecule has 0 atom stereocenters. The van der Waals surface area contributed by atoms with Gasteiger partial charge in [0.1, 0.15) is 5.56 Å². The summed E-state index contributed by atoms with van der Waals surface area (Å²) in [4.78, 5) is 11.1. The summed E-state index contributed by atoms with van der Waals surface area (Å²) in [7, 11) is 0. The third kappa shape index (κ3) is 1.76.